The molecule has 0 radical (unpaired) electrons. The Hall–Kier alpha value is -2.44. The van der Waals surface area contributed by atoms with Crippen molar-refractivity contribution in [3.05, 3.63) is 17.7 Å². The first-order valence-electron chi connectivity index (χ1n) is 7.22. The van der Waals surface area contributed by atoms with Gasteiger partial charge in [0, 0.05) is 11.6 Å². The molecular weight excluding hydrogens is 302 g/mol. The van der Waals surface area contributed by atoms with Crippen LogP contribution in [0.3, 0.4) is 0 Å². The van der Waals surface area contributed by atoms with Crippen LogP contribution in [-0.4, -0.2) is 55.8 Å². The van der Waals surface area contributed by atoms with E-state index in [-0.39, 0.29) is 18.2 Å². The SMILES string of the molecule is CCC(C)N(CC(=O)O)C(=O)c1cc(OC)c(OC)c(OC)c1. The minimum Gasteiger partial charge on any atom is -0.493 e. The van der Waals surface area contributed by atoms with Gasteiger partial charge in [0.15, 0.2) is 11.5 Å². The predicted octanol–water partition coefficient (Wildman–Crippen LogP) is 2.04. The maximum Gasteiger partial charge on any atom is 0.323 e. The fraction of sp³-hybridized carbons (Fsp3) is 0.500. The Balaban J connectivity index is 3.31. The molecule has 1 unspecified atom stereocenters. The number of carbonyl (C=O) groups excluding carboxylic acids is 1. The van der Waals surface area contributed by atoms with Gasteiger partial charge in [0.25, 0.3) is 5.91 Å². The van der Waals surface area contributed by atoms with Crippen LogP contribution < -0.4 is 14.2 Å². The Morgan fingerprint density at radius 2 is 1.65 bits per heavy atom. The molecule has 0 saturated carbocycles. The zero-order valence-electron chi connectivity index (χ0n) is 14.1. The molecule has 1 N–H and O–H groups in total. The van der Waals surface area contributed by atoms with E-state index in [1.165, 1.54) is 38.4 Å². The fourth-order valence-corrected chi connectivity index (χ4v) is 2.16. The molecule has 1 aromatic carbocycles. The van der Waals surface area contributed by atoms with Crippen LogP contribution in [0.25, 0.3) is 0 Å². The molecule has 0 aliphatic carbocycles. The van der Waals surface area contributed by atoms with Gasteiger partial charge in [-0.1, -0.05) is 6.92 Å². The van der Waals surface area contributed by atoms with Crippen molar-refractivity contribution in [3.63, 3.8) is 0 Å². The summed E-state index contributed by atoms with van der Waals surface area (Å²) in [6, 6.07) is 2.82. The molecule has 7 nitrogen and oxygen atoms in total. The average Bonchev–Trinajstić information content (AvgIpc) is 2.56. The molecule has 1 atom stereocenters. The molecule has 1 rings (SSSR count). The molecule has 0 heterocycles. The molecule has 1 amide bonds. The quantitative estimate of drug-likeness (QED) is 0.787. The van der Waals surface area contributed by atoms with E-state index in [4.69, 9.17) is 19.3 Å². The Kier molecular flexibility index (Phi) is 6.68. The smallest absolute Gasteiger partial charge is 0.323 e. The summed E-state index contributed by atoms with van der Waals surface area (Å²) in [4.78, 5) is 25.1. The molecule has 0 spiro atoms. The highest BCUT2D eigenvalue weighted by atomic mass is 16.5. The van der Waals surface area contributed by atoms with Gasteiger partial charge >= 0.3 is 5.97 Å². The number of methoxy groups -OCH3 is 3. The average molecular weight is 325 g/mol. The number of carbonyl (C=O) groups is 2. The van der Waals surface area contributed by atoms with Gasteiger partial charge in [0.1, 0.15) is 6.54 Å². The number of nitrogens with zero attached hydrogens (tertiary/aromatic N) is 1. The first-order chi connectivity index (χ1) is 10.9. The molecule has 0 saturated heterocycles. The predicted molar refractivity (Wildman–Crippen MR) is 84.5 cm³/mol. The van der Waals surface area contributed by atoms with Crippen LogP contribution >= 0.6 is 0 Å². The van der Waals surface area contributed by atoms with Crippen molar-refractivity contribution in [2.75, 3.05) is 27.9 Å². The van der Waals surface area contributed by atoms with Gasteiger partial charge in [-0.05, 0) is 25.5 Å². The number of carboxylic acids is 1. The summed E-state index contributed by atoms with van der Waals surface area (Å²) in [5.74, 6) is -0.406. The van der Waals surface area contributed by atoms with Gasteiger partial charge < -0.3 is 24.2 Å². The largest absolute Gasteiger partial charge is 0.493 e. The lowest BCUT2D eigenvalue weighted by Crippen LogP contribution is -2.41. The minimum atomic E-state index is -1.06. The van der Waals surface area contributed by atoms with E-state index in [1.54, 1.807) is 6.92 Å². The second kappa shape index (κ2) is 8.26. The normalized spacial score (nSPS) is 11.5. The lowest BCUT2D eigenvalue weighted by atomic mass is 10.1. The monoisotopic (exact) mass is 325 g/mol. The fourth-order valence-electron chi connectivity index (χ4n) is 2.16. The van der Waals surface area contributed by atoms with Crippen LogP contribution in [-0.2, 0) is 4.79 Å². The molecule has 0 aliphatic heterocycles. The lowest BCUT2D eigenvalue weighted by molar-refractivity contribution is -0.138. The van der Waals surface area contributed by atoms with Crippen molar-refractivity contribution in [2.24, 2.45) is 0 Å². The zero-order chi connectivity index (χ0) is 17.6. The van der Waals surface area contributed by atoms with E-state index < -0.39 is 11.9 Å². The molecule has 0 fully saturated rings. The minimum absolute atomic E-state index is 0.210. The molecular formula is C16H23NO6. The maximum atomic E-state index is 12.7. The van der Waals surface area contributed by atoms with Crippen molar-refractivity contribution in [1.29, 1.82) is 0 Å². The lowest BCUT2D eigenvalue weighted by Gasteiger charge is -2.27. The van der Waals surface area contributed by atoms with Crippen LogP contribution in [0.15, 0.2) is 12.1 Å². The summed E-state index contributed by atoms with van der Waals surface area (Å²) in [5, 5.41) is 9.04. The zero-order valence-corrected chi connectivity index (χ0v) is 14.1. The summed E-state index contributed by atoms with van der Waals surface area (Å²) in [6.07, 6.45) is 0.642. The van der Waals surface area contributed by atoms with Crippen molar-refractivity contribution >= 4 is 11.9 Å². The highest BCUT2D eigenvalue weighted by molar-refractivity contribution is 5.97. The van der Waals surface area contributed by atoms with Crippen molar-refractivity contribution in [1.82, 2.24) is 4.90 Å². The Morgan fingerprint density at radius 3 is 2.00 bits per heavy atom. The van der Waals surface area contributed by atoms with E-state index in [1.807, 2.05) is 6.92 Å². The molecule has 0 bridgehead atoms. The van der Waals surface area contributed by atoms with Gasteiger partial charge in [-0.25, -0.2) is 0 Å². The van der Waals surface area contributed by atoms with E-state index in [9.17, 15) is 9.59 Å². The van der Waals surface area contributed by atoms with Crippen LogP contribution in [0.2, 0.25) is 0 Å². The highest BCUT2D eigenvalue weighted by Crippen LogP contribution is 2.38. The van der Waals surface area contributed by atoms with E-state index >= 15 is 0 Å². The number of hydrogen-bond donors (Lipinski definition) is 1. The summed E-state index contributed by atoms with van der Waals surface area (Å²) < 4.78 is 15.7. The third kappa shape index (κ3) is 4.28. The standard InChI is InChI=1S/C16H23NO6/c1-6-10(2)17(9-14(18)19)16(20)11-7-12(21-3)15(23-5)13(8-11)22-4/h7-8,10H,6,9H2,1-5H3,(H,18,19). The Bertz CT molecular complexity index is 547. The molecule has 7 heteroatoms. The highest BCUT2D eigenvalue weighted by Gasteiger charge is 2.25. The topological polar surface area (TPSA) is 85.3 Å². The van der Waals surface area contributed by atoms with Gasteiger partial charge in [-0.15, -0.1) is 0 Å². The van der Waals surface area contributed by atoms with Crippen molar-refractivity contribution < 1.29 is 28.9 Å². The summed E-state index contributed by atoms with van der Waals surface area (Å²) in [5.41, 5.74) is 0.279. The number of carboxylic acid groups (broad SMARTS) is 1. The number of rotatable bonds is 8. The molecule has 1 aromatic rings. The third-order valence-corrected chi connectivity index (χ3v) is 3.60. The van der Waals surface area contributed by atoms with E-state index in [0.717, 1.165) is 0 Å². The van der Waals surface area contributed by atoms with Gasteiger partial charge in [0.2, 0.25) is 5.75 Å². The summed E-state index contributed by atoms with van der Waals surface area (Å²) in [6.45, 7) is 3.32. The molecule has 0 aliphatic rings. The van der Waals surface area contributed by atoms with E-state index in [0.29, 0.717) is 23.7 Å². The summed E-state index contributed by atoms with van der Waals surface area (Å²) in [7, 11) is 4.38. The van der Waals surface area contributed by atoms with Crippen LogP contribution in [0.5, 0.6) is 17.2 Å². The number of benzene rings is 1. The molecule has 23 heavy (non-hydrogen) atoms. The van der Waals surface area contributed by atoms with Crippen molar-refractivity contribution in [2.45, 2.75) is 26.3 Å². The van der Waals surface area contributed by atoms with Gasteiger partial charge in [-0.3, -0.25) is 9.59 Å². The summed E-state index contributed by atoms with van der Waals surface area (Å²) >= 11 is 0. The van der Waals surface area contributed by atoms with Crippen LogP contribution in [0, 0.1) is 0 Å². The van der Waals surface area contributed by atoms with Crippen LogP contribution in [0.1, 0.15) is 30.6 Å². The van der Waals surface area contributed by atoms with Gasteiger partial charge in [0.05, 0.1) is 21.3 Å². The Labute approximate surface area is 135 Å². The van der Waals surface area contributed by atoms with Crippen LogP contribution in [0.4, 0.5) is 0 Å². The first kappa shape index (κ1) is 18.6. The molecule has 128 valence electrons. The van der Waals surface area contributed by atoms with Gasteiger partial charge in [-0.2, -0.15) is 0 Å². The van der Waals surface area contributed by atoms with Crippen molar-refractivity contribution in [3.8, 4) is 17.2 Å². The first-order valence-corrected chi connectivity index (χ1v) is 7.22. The maximum absolute atomic E-state index is 12.7. The number of hydrogen-bond acceptors (Lipinski definition) is 5. The molecule has 0 aromatic heterocycles. The third-order valence-electron chi connectivity index (χ3n) is 3.60. The number of aliphatic carboxylic acids is 1. The van der Waals surface area contributed by atoms with E-state index in [2.05, 4.69) is 0 Å². The Morgan fingerprint density at radius 1 is 1.13 bits per heavy atom. The number of amides is 1. The number of ether oxygens (including phenoxy) is 3. The second-order valence-electron chi connectivity index (χ2n) is 5.00. The second-order valence-corrected chi connectivity index (χ2v) is 5.00.